The summed E-state index contributed by atoms with van der Waals surface area (Å²) in [5.41, 5.74) is 0.0487. The monoisotopic (exact) mass is 250 g/mol. The smallest absolute Gasteiger partial charge is 0.252 e. The summed E-state index contributed by atoms with van der Waals surface area (Å²) in [5, 5.41) is 12.3. The highest BCUT2D eigenvalue weighted by molar-refractivity contribution is 5.93. The number of carbonyl (C=O) groups is 1. The first kappa shape index (κ1) is 12.8. The minimum Gasteiger partial charge on any atom is -0.396 e. The van der Waals surface area contributed by atoms with Gasteiger partial charge in [0.25, 0.3) is 5.91 Å². The Hall–Kier alpha value is -1.62. The first-order valence-electron chi connectivity index (χ1n) is 6.23. The van der Waals surface area contributed by atoms with Crippen LogP contribution in [0.1, 0.15) is 36.0 Å². The zero-order valence-corrected chi connectivity index (χ0v) is 10.2. The second kappa shape index (κ2) is 5.35. The molecule has 1 aliphatic rings. The van der Waals surface area contributed by atoms with E-state index in [9.17, 15) is 14.7 Å². The molecule has 5 heteroatoms. The molecule has 0 saturated heterocycles. The predicted molar refractivity (Wildman–Crippen MR) is 67.4 cm³/mol. The number of aromatic nitrogens is 1. The highest BCUT2D eigenvalue weighted by atomic mass is 16.3. The van der Waals surface area contributed by atoms with E-state index in [1.165, 1.54) is 18.3 Å². The van der Waals surface area contributed by atoms with E-state index < -0.39 is 0 Å². The van der Waals surface area contributed by atoms with Gasteiger partial charge in [0, 0.05) is 24.2 Å². The molecule has 1 aromatic rings. The summed E-state index contributed by atoms with van der Waals surface area (Å²) >= 11 is 0. The van der Waals surface area contributed by atoms with Crippen LogP contribution in [0.4, 0.5) is 0 Å². The molecule has 0 spiro atoms. The van der Waals surface area contributed by atoms with Crippen LogP contribution in [0.2, 0.25) is 0 Å². The molecule has 0 aromatic carbocycles. The topological polar surface area (TPSA) is 82.2 Å². The minimum absolute atomic E-state index is 0.110. The Labute approximate surface area is 105 Å². The SMILES string of the molecule is O=C(NCC1(CO)CCCC1)c1ccc(=O)[nH]c1. The molecule has 1 amide bonds. The van der Waals surface area contributed by atoms with Crippen LogP contribution < -0.4 is 10.9 Å². The van der Waals surface area contributed by atoms with Gasteiger partial charge < -0.3 is 15.4 Å². The molecule has 1 heterocycles. The molecular formula is C13H18N2O3. The van der Waals surface area contributed by atoms with E-state index in [0.717, 1.165) is 25.7 Å². The summed E-state index contributed by atoms with van der Waals surface area (Å²) < 4.78 is 0. The normalized spacial score (nSPS) is 17.6. The van der Waals surface area contributed by atoms with Crippen molar-refractivity contribution < 1.29 is 9.90 Å². The van der Waals surface area contributed by atoms with Crippen LogP contribution in [0, 0.1) is 5.41 Å². The average Bonchev–Trinajstić information content (AvgIpc) is 2.86. The van der Waals surface area contributed by atoms with Crippen molar-refractivity contribution in [3.63, 3.8) is 0 Å². The summed E-state index contributed by atoms with van der Waals surface area (Å²) in [6.07, 6.45) is 5.52. The van der Waals surface area contributed by atoms with Crippen molar-refractivity contribution in [2.45, 2.75) is 25.7 Å². The Kier molecular flexibility index (Phi) is 3.81. The fourth-order valence-corrected chi connectivity index (χ4v) is 2.44. The molecule has 1 aliphatic carbocycles. The van der Waals surface area contributed by atoms with Gasteiger partial charge in [-0.3, -0.25) is 9.59 Å². The lowest BCUT2D eigenvalue weighted by Gasteiger charge is -2.26. The van der Waals surface area contributed by atoms with E-state index in [1.54, 1.807) is 0 Å². The van der Waals surface area contributed by atoms with Crippen molar-refractivity contribution in [2.75, 3.05) is 13.2 Å². The van der Waals surface area contributed by atoms with Gasteiger partial charge in [-0.05, 0) is 18.9 Å². The first-order valence-corrected chi connectivity index (χ1v) is 6.23. The molecule has 2 rings (SSSR count). The molecule has 98 valence electrons. The van der Waals surface area contributed by atoms with Gasteiger partial charge in [-0.1, -0.05) is 12.8 Å². The van der Waals surface area contributed by atoms with Crippen LogP contribution in [0.3, 0.4) is 0 Å². The van der Waals surface area contributed by atoms with Crippen LogP contribution in [0.5, 0.6) is 0 Å². The number of rotatable bonds is 4. The summed E-state index contributed by atoms with van der Waals surface area (Å²) in [6, 6.07) is 2.82. The zero-order valence-electron chi connectivity index (χ0n) is 10.2. The van der Waals surface area contributed by atoms with E-state index >= 15 is 0 Å². The van der Waals surface area contributed by atoms with Gasteiger partial charge in [0.2, 0.25) is 5.56 Å². The molecular weight excluding hydrogens is 232 g/mol. The quantitative estimate of drug-likeness (QED) is 0.734. The molecule has 1 aromatic heterocycles. The molecule has 1 fully saturated rings. The second-order valence-electron chi connectivity index (χ2n) is 4.99. The Bertz CT molecular complexity index is 455. The minimum atomic E-state index is -0.228. The molecule has 0 unspecified atom stereocenters. The number of H-pyrrole nitrogens is 1. The van der Waals surface area contributed by atoms with Crippen LogP contribution in [0.15, 0.2) is 23.1 Å². The fraction of sp³-hybridized carbons (Fsp3) is 0.538. The number of aliphatic hydroxyl groups excluding tert-OH is 1. The summed E-state index contributed by atoms with van der Waals surface area (Å²) in [4.78, 5) is 25.2. The standard InChI is InChI=1S/C13H18N2O3/c16-9-13(5-1-2-6-13)8-15-12(18)10-3-4-11(17)14-7-10/h3-4,7,16H,1-2,5-6,8-9H2,(H,14,17)(H,15,18). The maximum Gasteiger partial charge on any atom is 0.252 e. The second-order valence-corrected chi connectivity index (χ2v) is 4.99. The Morgan fingerprint density at radius 1 is 1.39 bits per heavy atom. The first-order chi connectivity index (χ1) is 8.65. The Morgan fingerprint density at radius 2 is 2.11 bits per heavy atom. The van der Waals surface area contributed by atoms with E-state index in [1.807, 2.05) is 0 Å². The molecule has 0 radical (unpaired) electrons. The van der Waals surface area contributed by atoms with E-state index in [2.05, 4.69) is 10.3 Å². The molecule has 1 saturated carbocycles. The van der Waals surface area contributed by atoms with Gasteiger partial charge in [0.05, 0.1) is 12.2 Å². The Morgan fingerprint density at radius 3 is 2.67 bits per heavy atom. The average molecular weight is 250 g/mol. The summed E-state index contributed by atoms with van der Waals surface area (Å²) in [7, 11) is 0. The van der Waals surface area contributed by atoms with Crippen molar-refractivity contribution >= 4 is 5.91 Å². The van der Waals surface area contributed by atoms with E-state index in [4.69, 9.17) is 0 Å². The number of carbonyl (C=O) groups excluding carboxylic acids is 1. The van der Waals surface area contributed by atoms with Crippen molar-refractivity contribution in [2.24, 2.45) is 5.41 Å². The molecule has 0 atom stereocenters. The lowest BCUT2D eigenvalue weighted by molar-refractivity contribution is 0.0880. The molecule has 5 nitrogen and oxygen atoms in total. The maximum absolute atomic E-state index is 11.9. The van der Waals surface area contributed by atoms with Gasteiger partial charge in [-0.15, -0.1) is 0 Å². The van der Waals surface area contributed by atoms with Crippen LogP contribution >= 0.6 is 0 Å². The maximum atomic E-state index is 11.9. The molecule has 0 bridgehead atoms. The lowest BCUT2D eigenvalue weighted by Crippen LogP contribution is -2.38. The number of aliphatic hydroxyl groups is 1. The van der Waals surface area contributed by atoms with Gasteiger partial charge in [-0.25, -0.2) is 0 Å². The third-order valence-electron chi connectivity index (χ3n) is 3.67. The summed E-state index contributed by atoms with van der Waals surface area (Å²) in [5.74, 6) is -0.217. The molecule has 3 N–H and O–H groups in total. The van der Waals surface area contributed by atoms with Crippen molar-refractivity contribution in [1.82, 2.24) is 10.3 Å². The summed E-state index contributed by atoms with van der Waals surface area (Å²) in [6.45, 7) is 0.598. The molecule has 0 aliphatic heterocycles. The zero-order chi connectivity index (χ0) is 13.0. The van der Waals surface area contributed by atoms with Crippen LogP contribution in [0.25, 0.3) is 0 Å². The lowest BCUT2D eigenvalue weighted by atomic mass is 9.87. The third kappa shape index (κ3) is 2.79. The van der Waals surface area contributed by atoms with Crippen LogP contribution in [-0.4, -0.2) is 29.1 Å². The van der Waals surface area contributed by atoms with Crippen LogP contribution in [-0.2, 0) is 0 Å². The van der Waals surface area contributed by atoms with Gasteiger partial charge >= 0.3 is 0 Å². The fourth-order valence-electron chi connectivity index (χ4n) is 2.44. The largest absolute Gasteiger partial charge is 0.396 e. The third-order valence-corrected chi connectivity index (χ3v) is 3.67. The highest BCUT2D eigenvalue weighted by Gasteiger charge is 2.33. The Balaban J connectivity index is 1.95. The number of hydrogen-bond donors (Lipinski definition) is 3. The highest BCUT2D eigenvalue weighted by Crippen LogP contribution is 2.36. The number of pyridine rings is 1. The van der Waals surface area contributed by atoms with Gasteiger partial charge in [0.1, 0.15) is 0 Å². The van der Waals surface area contributed by atoms with Crippen molar-refractivity contribution in [3.8, 4) is 0 Å². The molecule has 18 heavy (non-hydrogen) atoms. The van der Waals surface area contributed by atoms with Crippen molar-refractivity contribution in [1.29, 1.82) is 0 Å². The van der Waals surface area contributed by atoms with E-state index in [0.29, 0.717) is 12.1 Å². The van der Waals surface area contributed by atoms with Gasteiger partial charge in [-0.2, -0.15) is 0 Å². The number of hydrogen-bond acceptors (Lipinski definition) is 3. The number of nitrogens with one attached hydrogen (secondary N) is 2. The van der Waals surface area contributed by atoms with Crippen molar-refractivity contribution in [3.05, 3.63) is 34.2 Å². The number of amides is 1. The van der Waals surface area contributed by atoms with E-state index in [-0.39, 0.29) is 23.5 Å². The van der Waals surface area contributed by atoms with Gasteiger partial charge in [0.15, 0.2) is 0 Å². The predicted octanol–water partition coefficient (Wildman–Crippen LogP) is 0.657. The number of aromatic amines is 1.